The van der Waals surface area contributed by atoms with E-state index < -0.39 is 17.7 Å². The number of methoxy groups -OCH3 is 1. The second kappa shape index (κ2) is 10.7. The number of likely N-dealkylation sites (tertiary alicyclic amines) is 1. The SMILES string of the molecule is CCOc1cccc(C(O)=C2C(=O)C(=O)N(CCN3CCOCC3)C2c2ccc(OC)cc2)c1. The number of Topliss-reactive ketones (excluding diaryl/α,β-unsaturated/α-hetero) is 1. The molecule has 2 aromatic carbocycles. The number of nitrogens with zero attached hydrogens (tertiary/aromatic N) is 2. The highest BCUT2D eigenvalue weighted by atomic mass is 16.5. The minimum absolute atomic E-state index is 0.0748. The van der Waals surface area contributed by atoms with Gasteiger partial charge in [0.05, 0.1) is 38.5 Å². The molecule has 0 saturated carbocycles. The zero-order valence-electron chi connectivity index (χ0n) is 19.5. The topological polar surface area (TPSA) is 88.5 Å². The first-order chi connectivity index (χ1) is 16.5. The van der Waals surface area contributed by atoms with Crippen molar-refractivity contribution in [2.24, 2.45) is 0 Å². The molecule has 0 aromatic heterocycles. The van der Waals surface area contributed by atoms with E-state index in [0.29, 0.717) is 50.0 Å². The Morgan fingerprint density at radius 1 is 1.06 bits per heavy atom. The Morgan fingerprint density at radius 2 is 1.79 bits per heavy atom. The Morgan fingerprint density at radius 3 is 2.47 bits per heavy atom. The van der Waals surface area contributed by atoms with Gasteiger partial charge in [-0.3, -0.25) is 14.5 Å². The molecule has 0 aliphatic carbocycles. The summed E-state index contributed by atoms with van der Waals surface area (Å²) in [5.41, 5.74) is 1.23. The summed E-state index contributed by atoms with van der Waals surface area (Å²) in [4.78, 5) is 30.1. The maximum absolute atomic E-state index is 13.2. The van der Waals surface area contributed by atoms with Gasteiger partial charge in [0.25, 0.3) is 11.7 Å². The normalized spacial score (nSPS) is 20.5. The number of carbonyl (C=O) groups excluding carboxylic acids is 2. The smallest absolute Gasteiger partial charge is 0.295 e. The maximum atomic E-state index is 13.2. The predicted molar refractivity (Wildman–Crippen MR) is 127 cm³/mol. The number of ether oxygens (including phenoxy) is 3. The molecule has 1 atom stereocenters. The molecule has 1 amide bonds. The van der Waals surface area contributed by atoms with Crippen LogP contribution in [0.2, 0.25) is 0 Å². The van der Waals surface area contributed by atoms with E-state index in [-0.39, 0.29) is 11.3 Å². The number of rotatable bonds is 8. The predicted octanol–water partition coefficient (Wildman–Crippen LogP) is 2.85. The summed E-state index contributed by atoms with van der Waals surface area (Å²) in [6.45, 7) is 6.18. The number of amides is 1. The van der Waals surface area contributed by atoms with Crippen molar-refractivity contribution >= 4 is 17.4 Å². The average Bonchev–Trinajstić information content (AvgIpc) is 3.13. The second-order valence-corrected chi connectivity index (χ2v) is 8.18. The number of aliphatic hydroxyl groups excluding tert-OH is 1. The maximum Gasteiger partial charge on any atom is 0.295 e. The highest BCUT2D eigenvalue weighted by Crippen LogP contribution is 2.40. The molecule has 2 heterocycles. The number of hydrogen-bond acceptors (Lipinski definition) is 7. The molecule has 4 rings (SSSR count). The zero-order valence-corrected chi connectivity index (χ0v) is 19.5. The molecule has 2 aliphatic rings. The van der Waals surface area contributed by atoms with E-state index in [1.54, 1.807) is 48.4 Å². The monoisotopic (exact) mass is 466 g/mol. The van der Waals surface area contributed by atoms with Crippen LogP contribution in [0.1, 0.15) is 24.1 Å². The van der Waals surface area contributed by atoms with E-state index in [0.717, 1.165) is 18.7 Å². The first-order valence-electron chi connectivity index (χ1n) is 11.5. The van der Waals surface area contributed by atoms with Crippen LogP contribution in [-0.2, 0) is 14.3 Å². The summed E-state index contributed by atoms with van der Waals surface area (Å²) in [5, 5.41) is 11.2. The summed E-state index contributed by atoms with van der Waals surface area (Å²) in [5.74, 6) is -0.277. The highest BCUT2D eigenvalue weighted by molar-refractivity contribution is 6.46. The Labute approximate surface area is 199 Å². The van der Waals surface area contributed by atoms with Crippen molar-refractivity contribution in [1.82, 2.24) is 9.80 Å². The molecule has 2 saturated heterocycles. The quantitative estimate of drug-likeness (QED) is 0.364. The number of hydrogen-bond donors (Lipinski definition) is 1. The van der Waals surface area contributed by atoms with Gasteiger partial charge in [-0.15, -0.1) is 0 Å². The van der Waals surface area contributed by atoms with E-state index in [1.165, 1.54) is 0 Å². The third-order valence-corrected chi connectivity index (χ3v) is 6.15. The third-order valence-electron chi connectivity index (χ3n) is 6.15. The molecule has 180 valence electrons. The first kappa shape index (κ1) is 23.8. The number of morpholine rings is 1. The van der Waals surface area contributed by atoms with Gasteiger partial charge < -0.3 is 24.2 Å². The van der Waals surface area contributed by atoms with Crippen molar-refractivity contribution < 1.29 is 28.9 Å². The van der Waals surface area contributed by atoms with Crippen LogP contribution in [0.3, 0.4) is 0 Å². The van der Waals surface area contributed by atoms with Crippen LogP contribution in [0.4, 0.5) is 0 Å². The van der Waals surface area contributed by atoms with Crippen molar-refractivity contribution in [3.05, 3.63) is 65.2 Å². The van der Waals surface area contributed by atoms with Crippen LogP contribution in [0.25, 0.3) is 5.76 Å². The zero-order chi connectivity index (χ0) is 24.1. The molecule has 1 unspecified atom stereocenters. The van der Waals surface area contributed by atoms with Crippen LogP contribution in [0.5, 0.6) is 11.5 Å². The van der Waals surface area contributed by atoms with Gasteiger partial charge in [0.1, 0.15) is 17.3 Å². The largest absolute Gasteiger partial charge is 0.507 e. The molecule has 2 fully saturated rings. The van der Waals surface area contributed by atoms with Crippen LogP contribution < -0.4 is 9.47 Å². The van der Waals surface area contributed by atoms with E-state index in [1.807, 2.05) is 19.1 Å². The minimum Gasteiger partial charge on any atom is -0.507 e. The fourth-order valence-electron chi connectivity index (χ4n) is 4.37. The minimum atomic E-state index is -0.706. The van der Waals surface area contributed by atoms with Gasteiger partial charge >= 0.3 is 0 Å². The summed E-state index contributed by atoms with van der Waals surface area (Å²) >= 11 is 0. The number of ketones is 1. The lowest BCUT2D eigenvalue weighted by atomic mass is 9.95. The van der Waals surface area contributed by atoms with Crippen LogP contribution in [-0.4, -0.2) is 79.7 Å². The van der Waals surface area contributed by atoms with Crippen LogP contribution in [0.15, 0.2) is 54.1 Å². The third kappa shape index (κ3) is 4.93. The average molecular weight is 467 g/mol. The van der Waals surface area contributed by atoms with Gasteiger partial charge in [-0.25, -0.2) is 0 Å². The summed E-state index contributed by atoms with van der Waals surface area (Å²) in [7, 11) is 1.58. The molecule has 2 aromatic rings. The molecule has 8 nitrogen and oxygen atoms in total. The molecule has 0 spiro atoms. The van der Waals surface area contributed by atoms with Crippen LogP contribution in [0, 0.1) is 0 Å². The van der Waals surface area contributed by atoms with Crippen molar-refractivity contribution in [1.29, 1.82) is 0 Å². The number of carbonyl (C=O) groups is 2. The van der Waals surface area contributed by atoms with Crippen LogP contribution >= 0.6 is 0 Å². The Hall–Kier alpha value is -3.36. The van der Waals surface area contributed by atoms with Crippen molar-refractivity contribution in [2.45, 2.75) is 13.0 Å². The van der Waals surface area contributed by atoms with E-state index >= 15 is 0 Å². The molecule has 2 aliphatic heterocycles. The van der Waals surface area contributed by atoms with Crippen molar-refractivity contribution in [2.75, 3.05) is 53.1 Å². The lowest BCUT2D eigenvalue weighted by molar-refractivity contribution is -0.140. The summed E-state index contributed by atoms with van der Waals surface area (Å²) in [6.07, 6.45) is 0. The molecular weight excluding hydrogens is 436 g/mol. The van der Waals surface area contributed by atoms with Gasteiger partial charge in [0.2, 0.25) is 0 Å². The fraction of sp³-hybridized carbons (Fsp3) is 0.385. The molecule has 34 heavy (non-hydrogen) atoms. The Kier molecular flexibility index (Phi) is 7.49. The lowest BCUT2D eigenvalue weighted by Crippen LogP contribution is -2.42. The van der Waals surface area contributed by atoms with E-state index in [4.69, 9.17) is 14.2 Å². The molecular formula is C26H30N2O6. The molecule has 0 bridgehead atoms. The van der Waals surface area contributed by atoms with E-state index in [2.05, 4.69) is 4.90 Å². The van der Waals surface area contributed by atoms with Gasteiger partial charge in [-0.1, -0.05) is 24.3 Å². The Bertz CT molecular complexity index is 1060. The Balaban J connectivity index is 1.73. The van der Waals surface area contributed by atoms with Gasteiger partial charge in [-0.05, 0) is 36.8 Å². The lowest BCUT2D eigenvalue weighted by Gasteiger charge is -2.31. The molecule has 1 N–H and O–H groups in total. The van der Waals surface area contributed by atoms with Gasteiger partial charge in [0, 0.05) is 31.7 Å². The summed E-state index contributed by atoms with van der Waals surface area (Å²) < 4.78 is 16.2. The highest BCUT2D eigenvalue weighted by Gasteiger charge is 2.46. The van der Waals surface area contributed by atoms with Crippen molar-refractivity contribution in [3.8, 4) is 11.5 Å². The number of aliphatic hydroxyl groups is 1. The standard InChI is InChI=1S/C26H30N2O6/c1-3-34-21-6-4-5-19(17-21)24(29)22-23(18-7-9-20(32-2)10-8-18)28(26(31)25(22)30)12-11-27-13-15-33-16-14-27/h4-10,17,23,29H,3,11-16H2,1-2H3. The van der Waals surface area contributed by atoms with E-state index in [9.17, 15) is 14.7 Å². The molecule has 0 radical (unpaired) electrons. The van der Waals surface area contributed by atoms with Gasteiger partial charge in [0.15, 0.2) is 0 Å². The second-order valence-electron chi connectivity index (χ2n) is 8.18. The molecule has 8 heteroatoms. The first-order valence-corrected chi connectivity index (χ1v) is 11.5. The van der Waals surface area contributed by atoms with Crippen molar-refractivity contribution in [3.63, 3.8) is 0 Å². The summed E-state index contributed by atoms with van der Waals surface area (Å²) in [6, 6.07) is 13.4. The fourth-order valence-corrected chi connectivity index (χ4v) is 4.37. The number of benzene rings is 2. The van der Waals surface area contributed by atoms with Gasteiger partial charge in [-0.2, -0.15) is 0 Å².